The van der Waals surface area contributed by atoms with Crippen LogP contribution in [-0.2, 0) is 30.4 Å². The van der Waals surface area contributed by atoms with Crippen LogP contribution in [0.1, 0.15) is 38.4 Å². The monoisotopic (exact) mass is 601 g/mol. The molecule has 3 atom stereocenters. The van der Waals surface area contributed by atoms with Gasteiger partial charge in [-0.25, -0.2) is 4.98 Å². The summed E-state index contributed by atoms with van der Waals surface area (Å²) in [5.74, 6) is -1.31. The molecule has 1 aromatic heterocycles. The zero-order valence-corrected chi connectivity index (χ0v) is 25.2. The number of hydrogen-bond donors (Lipinski definition) is 3. The Kier molecular flexibility index (Phi) is 12.3. The fourth-order valence-corrected chi connectivity index (χ4v) is 5.33. The molecule has 3 rings (SSSR count). The van der Waals surface area contributed by atoms with Crippen LogP contribution in [0.25, 0.3) is 20.9 Å². The van der Waals surface area contributed by atoms with Gasteiger partial charge in [0.1, 0.15) is 18.7 Å². The molecule has 0 bridgehead atoms. The molecule has 1 aliphatic rings. The van der Waals surface area contributed by atoms with Gasteiger partial charge in [-0.15, -0.1) is 11.3 Å². The summed E-state index contributed by atoms with van der Waals surface area (Å²) in [5.41, 5.74) is 12.3. The van der Waals surface area contributed by atoms with Gasteiger partial charge in [0, 0.05) is 31.0 Å². The molecule has 1 aromatic carbocycles. The number of amides is 3. The smallest absolute Gasteiger partial charge is 0.246 e. The summed E-state index contributed by atoms with van der Waals surface area (Å²) in [5, 5.41) is 19.4. The third kappa shape index (κ3) is 9.50. The van der Waals surface area contributed by atoms with E-state index >= 15 is 0 Å². The van der Waals surface area contributed by atoms with E-state index in [9.17, 15) is 19.5 Å². The predicted molar refractivity (Wildman–Crippen MR) is 157 cm³/mol. The maximum atomic E-state index is 13.7. The van der Waals surface area contributed by atoms with Gasteiger partial charge in [-0.1, -0.05) is 50.2 Å². The maximum Gasteiger partial charge on any atom is 0.246 e. The summed E-state index contributed by atoms with van der Waals surface area (Å²) in [6.45, 7) is 8.19. The number of rotatable bonds is 14. The molecule has 42 heavy (non-hydrogen) atoms. The van der Waals surface area contributed by atoms with E-state index in [1.807, 2.05) is 52.0 Å². The third-order valence-electron chi connectivity index (χ3n) is 6.72. The Bertz CT molecular complexity index is 1260. The van der Waals surface area contributed by atoms with Gasteiger partial charge in [-0.2, -0.15) is 0 Å². The van der Waals surface area contributed by atoms with Crippen molar-refractivity contribution in [3.63, 3.8) is 0 Å². The van der Waals surface area contributed by atoms with E-state index in [0.29, 0.717) is 0 Å². The van der Waals surface area contributed by atoms with Crippen molar-refractivity contribution in [2.24, 2.45) is 10.5 Å². The summed E-state index contributed by atoms with van der Waals surface area (Å²) in [6, 6.07) is 6.02. The molecule has 2 heterocycles. The first-order valence-electron chi connectivity index (χ1n) is 13.7. The number of carbonyl (C=O) groups is 3. The number of aliphatic hydroxyl groups is 1. The number of thiazole rings is 1. The molecule has 3 amide bonds. The van der Waals surface area contributed by atoms with Crippen molar-refractivity contribution in [2.75, 3.05) is 39.5 Å². The Hall–Kier alpha value is -3.55. The van der Waals surface area contributed by atoms with E-state index in [-0.39, 0.29) is 58.4 Å². The number of hydrogen-bond acceptors (Lipinski definition) is 9. The molecule has 0 aliphatic carbocycles. The summed E-state index contributed by atoms with van der Waals surface area (Å²) in [4.78, 5) is 48.8. The highest BCUT2D eigenvalue weighted by atomic mass is 32.1. The van der Waals surface area contributed by atoms with Gasteiger partial charge in [0.15, 0.2) is 0 Å². The summed E-state index contributed by atoms with van der Waals surface area (Å²) < 4.78 is 10.6. The predicted octanol–water partition coefficient (Wildman–Crippen LogP) is 2.57. The normalized spacial score (nSPS) is 17.4. The summed E-state index contributed by atoms with van der Waals surface area (Å²) in [6.07, 6.45) is -0.750. The van der Waals surface area contributed by atoms with Crippen LogP contribution in [0.3, 0.4) is 0 Å². The van der Waals surface area contributed by atoms with Gasteiger partial charge < -0.3 is 30.1 Å². The van der Waals surface area contributed by atoms with Crippen LogP contribution in [-0.4, -0.2) is 90.4 Å². The lowest BCUT2D eigenvalue weighted by Crippen LogP contribution is -2.58. The first-order chi connectivity index (χ1) is 20.0. The fourth-order valence-electron chi connectivity index (χ4n) is 4.52. The molecule has 0 spiro atoms. The molecule has 14 heteroatoms. The van der Waals surface area contributed by atoms with Crippen molar-refractivity contribution >= 4 is 29.1 Å². The number of ether oxygens (including phenoxy) is 2. The summed E-state index contributed by atoms with van der Waals surface area (Å²) in [7, 11) is 0. The van der Waals surface area contributed by atoms with Gasteiger partial charge in [0.25, 0.3) is 0 Å². The topological polar surface area (TPSA) is 179 Å². The van der Waals surface area contributed by atoms with E-state index in [0.717, 1.165) is 21.7 Å². The van der Waals surface area contributed by atoms with Crippen molar-refractivity contribution in [2.45, 2.75) is 58.8 Å². The first-order valence-corrected chi connectivity index (χ1v) is 14.6. The number of azide groups is 1. The molecule has 1 aliphatic heterocycles. The standard InChI is InChI=1S/C28H39N7O6S/c1-18-24(42-17-31-18)20-7-5-19(6-8-20)14-30-26(38)22-13-21(36)15-35(22)27(39)25(28(2,3)4)33-23(37)16-41-12-11-40-10-9-32-34-29/h5-8,17,21-22,25,36H,9-16H2,1-4H3,(H,30,38)(H,33,37). The SMILES string of the molecule is Cc1ncsc1-c1ccc(CNC(=O)C2CC(O)CN2C(=O)C(NC(=O)COCCOCCN=[N+]=[N-])C(C)(C)C)cc1. The van der Waals surface area contributed by atoms with Crippen molar-refractivity contribution in [3.8, 4) is 10.4 Å². The minimum absolute atomic E-state index is 0.00798. The third-order valence-corrected chi connectivity index (χ3v) is 7.69. The largest absolute Gasteiger partial charge is 0.391 e. The van der Waals surface area contributed by atoms with Crippen LogP contribution in [0.5, 0.6) is 0 Å². The van der Waals surface area contributed by atoms with Crippen molar-refractivity contribution in [3.05, 3.63) is 51.5 Å². The van der Waals surface area contributed by atoms with Crippen LogP contribution in [0.15, 0.2) is 34.9 Å². The highest BCUT2D eigenvalue weighted by Crippen LogP contribution is 2.28. The summed E-state index contributed by atoms with van der Waals surface area (Å²) >= 11 is 1.57. The molecule has 1 saturated heterocycles. The van der Waals surface area contributed by atoms with E-state index < -0.39 is 35.4 Å². The fraction of sp³-hybridized carbons (Fsp3) is 0.571. The maximum absolute atomic E-state index is 13.7. The minimum atomic E-state index is -0.947. The Morgan fingerprint density at radius 2 is 1.93 bits per heavy atom. The number of aryl methyl sites for hydroxylation is 1. The van der Waals surface area contributed by atoms with Crippen LogP contribution < -0.4 is 10.6 Å². The number of β-amino-alcohol motifs (C(OH)–C–C–N with tert-alkyl or cyclic N) is 1. The van der Waals surface area contributed by atoms with Crippen LogP contribution >= 0.6 is 11.3 Å². The Labute approximate surface area is 249 Å². The number of aliphatic hydroxyl groups excluding tert-OH is 1. The van der Waals surface area contributed by atoms with E-state index in [4.69, 9.17) is 15.0 Å². The molecular weight excluding hydrogens is 562 g/mol. The second-order valence-electron chi connectivity index (χ2n) is 11.1. The second kappa shape index (κ2) is 15.6. The average Bonchev–Trinajstić information content (AvgIpc) is 3.56. The van der Waals surface area contributed by atoms with Crippen molar-refractivity contribution in [1.29, 1.82) is 0 Å². The number of likely N-dealkylation sites (tertiary alicyclic amines) is 1. The van der Waals surface area contributed by atoms with Crippen molar-refractivity contribution < 1.29 is 29.0 Å². The number of carbonyl (C=O) groups excluding carboxylic acids is 3. The zero-order valence-electron chi connectivity index (χ0n) is 24.4. The highest BCUT2D eigenvalue weighted by molar-refractivity contribution is 7.13. The quantitative estimate of drug-likeness (QED) is 0.129. The number of nitrogens with one attached hydrogen (secondary N) is 2. The first kappa shape index (κ1) is 33.0. The second-order valence-corrected chi connectivity index (χ2v) is 11.9. The Morgan fingerprint density at radius 1 is 1.21 bits per heavy atom. The Balaban J connectivity index is 1.55. The molecule has 1 fully saturated rings. The lowest BCUT2D eigenvalue weighted by atomic mass is 9.85. The van der Waals surface area contributed by atoms with Gasteiger partial charge >= 0.3 is 0 Å². The molecule has 0 saturated carbocycles. The van der Waals surface area contributed by atoms with E-state index in [1.54, 1.807) is 16.8 Å². The number of nitrogens with zero attached hydrogens (tertiary/aromatic N) is 5. The number of aromatic nitrogens is 1. The lowest BCUT2D eigenvalue weighted by molar-refractivity contribution is -0.144. The molecule has 3 N–H and O–H groups in total. The van der Waals surface area contributed by atoms with Crippen LogP contribution in [0.4, 0.5) is 0 Å². The van der Waals surface area contributed by atoms with Crippen molar-refractivity contribution in [1.82, 2.24) is 20.5 Å². The molecule has 228 valence electrons. The van der Waals surface area contributed by atoms with Gasteiger partial charge in [-0.3, -0.25) is 14.4 Å². The minimum Gasteiger partial charge on any atom is -0.391 e. The molecular formula is C28H39N7O6S. The van der Waals surface area contributed by atoms with Crippen LogP contribution in [0.2, 0.25) is 0 Å². The molecule has 3 unspecified atom stereocenters. The zero-order chi connectivity index (χ0) is 30.7. The number of benzene rings is 1. The van der Waals surface area contributed by atoms with Gasteiger partial charge in [-0.05, 0) is 29.0 Å². The van der Waals surface area contributed by atoms with Gasteiger partial charge in [0.2, 0.25) is 17.7 Å². The van der Waals surface area contributed by atoms with Crippen LogP contribution in [0, 0.1) is 12.3 Å². The van der Waals surface area contributed by atoms with Gasteiger partial charge in [0.05, 0.1) is 42.0 Å². The highest BCUT2D eigenvalue weighted by Gasteiger charge is 2.44. The Morgan fingerprint density at radius 3 is 2.57 bits per heavy atom. The molecule has 13 nitrogen and oxygen atoms in total. The van der Waals surface area contributed by atoms with E-state index in [1.165, 1.54) is 4.90 Å². The lowest BCUT2D eigenvalue weighted by Gasteiger charge is -2.35. The molecule has 2 aromatic rings. The molecule has 0 radical (unpaired) electrons. The van der Waals surface area contributed by atoms with E-state index in [2.05, 4.69) is 25.6 Å². The average molecular weight is 602 g/mol.